The molecule has 0 aliphatic rings. The molecule has 0 saturated heterocycles. The normalized spacial score (nSPS) is 11.0. The van der Waals surface area contributed by atoms with Crippen LogP contribution < -0.4 is 11.1 Å². The van der Waals surface area contributed by atoms with Crippen LogP contribution in [0.15, 0.2) is 0 Å². The van der Waals surface area contributed by atoms with Crippen LogP contribution in [0.4, 0.5) is 0 Å². The Labute approximate surface area is 165 Å². The molecule has 0 unspecified atom stereocenters. The molecule has 3 N–H and O–H groups in total. The molecule has 0 rings (SSSR count). The third-order valence-corrected chi connectivity index (χ3v) is 5.18. The fourth-order valence-electron chi connectivity index (χ4n) is 2.66. The zero-order valence-corrected chi connectivity index (χ0v) is 17.7. The summed E-state index contributed by atoms with van der Waals surface area (Å²) < 4.78 is 0. The minimum Gasteiger partial charge on any atom is -0.369 e. The van der Waals surface area contributed by atoms with E-state index in [0.29, 0.717) is 6.42 Å². The molecule has 1 radical (unpaired) electrons. The second-order valence-corrected chi connectivity index (χ2v) is 8.27. The van der Waals surface area contributed by atoms with E-state index in [1.807, 2.05) is 0 Å². The first-order chi connectivity index (χ1) is 12.5. The summed E-state index contributed by atoms with van der Waals surface area (Å²) in [5.74, 6) is 1.73. The van der Waals surface area contributed by atoms with Gasteiger partial charge in [0.1, 0.15) is 0 Å². The molecular formula is C20H40N3O2S. The number of primary amides is 1. The predicted octanol–water partition coefficient (Wildman–Crippen LogP) is 3.38. The van der Waals surface area contributed by atoms with Gasteiger partial charge in [-0.2, -0.15) is 11.8 Å². The Hall–Kier alpha value is -0.750. The van der Waals surface area contributed by atoms with Gasteiger partial charge < -0.3 is 16.0 Å². The van der Waals surface area contributed by atoms with Gasteiger partial charge in [0, 0.05) is 18.7 Å². The summed E-state index contributed by atoms with van der Waals surface area (Å²) in [7, 11) is 4.10. The lowest BCUT2D eigenvalue weighted by molar-refractivity contribution is -0.121. The molecular weight excluding hydrogens is 346 g/mol. The number of nitrogens with two attached hydrogens (primary N) is 1. The van der Waals surface area contributed by atoms with Gasteiger partial charge >= 0.3 is 0 Å². The molecule has 6 heteroatoms. The number of unbranched alkanes of at least 4 members (excludes halogenated alkanes) is 8. The predicted molar refractivity (Wildman–Crippen MR) is 113 cm³/mol. The Morgan fingerprint density at radius 3 is 2.08 bits per heavy atom. The molecule has 0 fully saturated rings. The quantitative estimate of drug-likeness (QED) is 0.334. The van der Waals surface area contributed by atoms with Crippen molar-refractivity contribution < 1.29 is 9.59 Å². The summed E-state index contributed by atoms with van der Waals surface area (Å²) in [6, 6.07) is 0. The highest BCUT2D eigenvalue weighted by Gasteiger charge is 2.01. The van der Waals surface area contributed by atoms with Crippen molar-refractivity contribution in [1.82, 2.24) is 10.2 Å². The molecule has 0 aliphatic heterocycles. The fourth-order valence-corrected chi connectivity index (χ4v) is 3.52. The molecule has 0 spiro atoms. The van der Waals surface area contributed by atoms with E-state index < -0.39 is 0 Å². The third-order valence-electron chi connectivity index (χ3n) is 4.20. The van der Waals surface area contributed by atoms with Crippen molar-refractivity contribution in [3.05, 3.63) is 6.42 Å². The number of amides is 2. The molecule has 153 valence electrons. The van der Waals surface area contributed by atoms with E-state index in [9.17, 15) is 9.59 Å². The molecule has 0 aromatic heterocycles. The fraction of sp³-hybridized carbons (Fsp3) is 0.850. The van der Waals surface area contributed by atoms with Crippen molar-refractivity contribution in [3.8, 4) is 0 Å². The lowest BCUT2D eigenvalue weighted by Gasteiger charge is -2.09. The minimum absolute atomic E-state index is 0.204. The van der Waals surface area contributed by atoms with E-state index in [1.54, 1.807) is 18.2 Å². The van der Waals surface area contributed by atoms with Crippen LogP contribution in [0.25, 0.3) is 0 Å². The molecule has 0 atom stereocenters. The summed E-state index contributed by atoms with van der Waals surface area (Å²) in [5.41, 5.74) is 5.05. The minimum atomic E-state index is -0.321. The largest absolute Gasteiger partial charge is 0.369 e. The van der Waals surface area contributed by atoms with Crippen LogP contribution in [0.2, 0.25) is 0 Å². The molecule has 5 nitrogen and oxygen atoms in total. The Morgan fingerprint density at radius 1 is 0.923 bits per heavy atom. The van der Waals surface area contributed by atoms with E-state index >= 15 is 0 Å². The first-order valence-electron chi connectivity index (χ1n) is 10.1. The van der Waals surface area contributed by atoms with E-state index in [0.717, 1.165) is 43.9 Å². The van der Waals surface area contributed by atoms with Gasteiger partial charge in [0.2, 0.25) is 11.8 Å². The van der Waals surface area contributed by atoms with Gasteiger partial charge in [-0.25, -0.2) is 0 Å². The Balaban J connectivity index is 3.15. The van der Waals surface area contributed by atoms with Gasteiger partial charge in [-0.3, -0.25) is 9.59 Å². The van der Waals surface area contributed by atoms with Crippen LogP contribution in [0.3, 0.4) is 0 Å². The number of carbonyl (C=O) groups excluding carboxylic acids is 2. The zero-order valence-electron chi connectivity index (χ0n) is 16.9. The number of nitrogens with one attached hydrogen (secondary N) is 1. The second kappa shape index (κ2) is 19.0. The third kappa shape index (κ3) is 21.3. The number of hydrogen-bond acceptors (Lipinski definition) is 4. The second-order valence-electron chi connectivity index (χ2n) is 7.12. The average Bonchev–Trinajstić information content (AvgIpc) is 2.58. The number of thioether (sulfide) groups is 1. The molecule has 0 saturated carbocycles. The summed E-state index contributed by atoms with van der Waals surface area (Å²) in [6.07, 6.45) is 14.4. The smallest absolute Gasteiger partial charge is 0.222 e. The SMILES string of the molecule is CN(C)CCCNC(=O)CCCCCCCCCCCSC[CH]C(N)=O. The summed E-state index contributed by atoms with van der Waals surface area (Å²) in [6.45, 7) is 1.81. The molecule has 0 aromatic carbocycles. The zero-order chi connectivity index (χ0) is 19.5. The lowest BCUT2D eigenvalue weighted by Crippen LogP contribution is -2.26. The van der Waals surface area contributed by atoms with Crippen molar-refractivity contribution in [1.29, 1.82) is 0 Å². The lowest BCUT2D eigenvalue weighted by atomic mass is 10.1. The van der Waals surface area contributed by atoms with Crippen LogP contribution in [0.5, 0.6) is 0 Å². The number of hydrogen-bond donors (Lipinski definition) is 2. The summed E-state index contributed by atoms with van der Waals surface area (Å²) in [5, 5.41) is 2.99. The van der Waals surface area contributed by atoms with Gasteiger partial charge in [-0.15, -0.1) is 0 Å². The number of rotatable bonds is 19. The average molecular weight is 387 g/mol. The maximum atomic E-state index is 11.7. The maximum absolute atomic E-state index is 11.7. The highest BCUT2D eigenvalue weighted by molar-refractivity contribution is 7.99. The van der Waals surface area contributed by atoms with E-state index in [4.69, 9.17) is 5.73 Å². The monoisotopic (exact) mass is 386 g/mol. The molecule has 0 heterocycles. The van der Waals surface area contributed by atoms with Gasteiger partial charge in [0.05, 0.1) is 6.42 Å². The van der Waals surface area contributed by atoms with Crippen LogP contribution in [0, 0.1) is 6.42 Å². The molecule has 0 aromatic rings. The first kappa shape index (κ1) is 25.2. The van der Waals surface area contributed by atoms with Gasteiger partial charge in [0.25, 0.3) is 0 Å². The van der Waals surface area contributed by atoms with Crippen LogP contribution >= 0.6 is 11.8 Å². The number of nitrogens with zero attached hydrogens (tertiary/aromatic N) is 1. The van der Waals surface area contributed by atoms with Crippen molar-refractivity contribution in [2.75, 3.05) is 38.7 Å². The van der Waals surface area contributed by atoms with E-state index in [-0.39, 0.29) is 11.8 Å². The topological polar surface area (TPSA) is 75.4 Å². The molecule has 0 aliphatic carbocycles. The Kier molecular flexibility index (Phi) is 18.5. The Bertz CT molecular complexity index is 352. The molecule has 2 amide bonds. The van der Waals surface area contributed by atoms with Crippen molar-refractivity contribution >= 4 is 23.6 Å². The van der Waals surface area contributed by atoms with Crippen molar-refractivity contribution in [2.24, 2.45) is 5.73 Å². The van der Waals surface area contributed by atoms with E-state index in [2.05, 4.69) is 24.3 Å². The summed E-state index contributed by atoms with van der Waals surface area (Å²) in [4.78, 5) is 24.3. The van der Waals surface area contributed by atoms with Crippen molar-refractivity contribution in [3.63, 3.8) is 0 Å². The van der Waals surface area contributed by atoms with Crippen LogP contribution in [-0.2, 0) is 9.59 Å². The summed E-state index contributed by atoms with van der Waals surface area (Å²) >= 11 is 1.78. The van der Waals surface area contributed by atoms with Gasteiger partial charge in [-0.1, -0.05) is 44.9 Å². The highest BCUT2D eigenvalue weighted by Crippen LogP contribution is 2.12. The number of carbonyl (C=O) groups is 2. The molecule has 26 heavy (non-hydrogen) atoms. The van der Waals surface area contributed by atoms with Gasteiger partial charge in [-0.05, 0) is 45.7 Å². The first-order valence-corrected chi connectivity index (χ1v) is 11.3. The van der Waals surface area contributed by atoms with E-state index in [1.165, 1.54) is 44.9 Å². The standard InChI is InChI=1S/C20H40N3O2S/c1-23(2)16-12-15-22-20(25)13-10-8-6-4-3-5-7-9-11-17-26-18-14-19(21)24/h14H,3-13,15-18H2,1-2H3,(H2,21,24)(H,22,25). The Morgan fingerprint density at radius 2 is 1.50 bits per heavy atom. The van der Waals surface area contributed by atoms with Crippen LogP contribution in [0.1, 0.15) is 70.6 Å². The van der Waals surface area contributed by atoms with Crippen molar-refractivity contribution in [2.45, 2.75) is 70.6 Å². The van der Waals surface area contributed by atoms with Crippen LogP contribution in [-0.4, -0.2) is 55.4 Å². The maximum Gasteiger partial charge on any atom is 0.222 e. The van der Waals surface area contributed by atoms with Gasteiger partial charge in [0.15, 0.2) is 0 Å². The molecule has 0 bridgehead atoms. The highest BCUT2D eigenvalue weighted by atomic mass is 32.2.